The third kappa shape index (κ3) is 2.57. The van der Waals surface area contributed by atoms with E-state index in [0.29, 0.717) is 11.3 Å². The zero-order valence-electron chi connectivity index (χ0n) is 12.8. The van der Waals surface area contributed by atoms with Gasteiger partial charge in [0, 0.05) is 5.56 Å². The number of fused-ring (bicyclic) bond motifs is 1. The molecule has 0 N–H and O–H groups in total. The van der Waals surface area contributed by atoms with Gasteiger partial charge in [0.2, 0.25) is 0 Å². The van der Waals surface area contributed by atoms with E-state index in [-0.39, 0.29) is 12.3 Å². The molecule has 0 aliphatic rings. The van der Waals surface area contributed by atoms with Crippen LogP contribution in [0.3, 0.4) is 0 Å². The lowest BCUT2D eigenvalue weighted by Gasteiger charge is -2.05. The van der Waals surface area contributed by atoms with Crippen LogP contribution in [-0.2, 0) is 6.54 Å². The molecule has 0 saturated heterocycles. The monoisotopic (exact) mass is 295 g/mol. The van der Waals surface area contributed by atoms with Gasteiger partial charge in [-0.3, -0.25) is 4.79 Å². The number of carbonyl (C=O) groups excluding carboxylic acids is 1. The highest BCUT2D eigenvalue weighted by Gasteiger charge is 2.12. The Bertz CT molecular complexity index is 852. The second-order valence-corrected chi connectivity index (χ2v) is 5.33. The maximum atomic E-state index is 12.4. The summed E-state index contributed by atoms with van der Waals surface area (Å²) in [7, 11) is 1.58. The van der Waals surface area contributed by atoms with Crippen LogP contribution in [0, 0.1) is 13.8 Å². The SMILES string of the molecule is COc1cccc(C(=O)Cn2nnc3cc(C)c(C)cc32)c1. The lowest BCUT2D eigenvalue weighted by Crippen LogP contribution is -2.12. The van der Waals surface area contributed by atoms with E-state index in [0.717, 1.165) is 16.6 Å². The molecule has 3 rings (SSSR count). The van der Waals surface area contributed by atoms with E-state index in [1.165, 1.54) is 5.56 Å². The van der Waals surface area contributed by atoms with Crippen LogP contribution in [-0.4, -0.2) is 27.9 Å². The van der Waals surface area contributed by atoms with Crippen molar-refractivity contribution in [1.29, 1.82) is 0 Å². The first-order chi connectivity index (χ1) is 10.6. The number of hydrogen-bond donors (Lipinski definition) is 0. The smallest absolute Gasteiger partial charge is 0.184 e. The molecule has 0 atom stereocenters. The fraction of sp³-hybridized carbons (Fsp3) is 0.235. The molecular formula is C17H17N3O2. The van der Waals surface area contributed by atoms with Crippen LogP contribution in [0.2, 0.25) is 0 Å². The van der Waals surface area contributed by atoms with Crippen molar-refractivity contribution >= 4 is 16.8 Å². The fourth-order valence-corrected chi connectivity index (χ4v) is 2.36. The summed E-state index contributed by atoms with van der Waals surface area (Å²) in [5.74, 6) is 0.643. The van der Waals surface area contributed by atoms with Gasteiger partial charge >= 0.3 is 0 Å². The first-order valence-corrected chi connectivity index (χ1v) is 7.06. The number of aryl methyl sites for hydroxylation is 2. The fourth-order valence-electron chi connectivity index (χ4n) is 2.36. The van der Waals surface area contributed by atoms with Gasteiger partial charge < -0.3 is 4.74 Å². The molecular weight excluding hydrogens is 278 g/mol. The van der Waals surface area contributed by atoms with Gasteiger partial charge in [-0.2, -0.15) is 0 Å². The summed E-state index contributed by atoms with van der Waals surface area (Å²) in [6.07, 6.45) is 0. The summed E-state index contributed by atoms with van der Waals surface area (Å²) in [6.45, 7) is 4.23. The van der Waals surface area contributed by atoms with Gasteiger partial charge in [0.25, 0.3) is 0 Å². The molecule has 0 fully saturated rings. The maximum absolute atomic E-state index is 12.4. The predicted molar refractivity (Wildman–Crippen MR) is 84.3 cm³/mol. The number of hydrogen-bond acceptors (Lipinski definition) is 4. The van der Waals surface area contributed by atoms with Gasteiger partial charge in [0.05, 0.1) is 12.6 Å². The van der Waals surface area contributed by atoms with E-state index in [9.17, 15) is 4.79 Å². The predicted octanol–water partition coefficient (Wildman–Crippen LogP) is 2.94. The minimum absolute atomic E-state index is 0.0241. The van der Waals surface area contributed by atoms with E-state index in [1.807, 2.05) is 32.0 Å². The number of benzene rings is 2. The second kappa shape index (κ2) is 5.60. The Morgan fingerprint density at radius 1 is 1.18 bits per heavy atom. The van der Waals surface area contributed by atoms with E-state index in [1.54, 1.807) is 30.0 Å². The van der Waals surface area contributed by atoms with Crippen molar-refractivity contribution in [2.45, 2.75) is 20.4 Å². The first-order valence-electron chi connectivity index (χ1n) is 7.06. The van der Waals surface area contributed by atoms with Crippen molar-refractivity contribution in [3.63, 3.8) is 0 Å². The van der Waals surface area contributed by atoms with Crippen LogP contribution in [0.1, 0.15) is 21.5 Å². The number of ketones is 1. The summed E-state index contributed by atoms with van der Waals surface area (Å²) in [5.41, 5.74) is 4.61. The normalized spacial score (nSPS) is 10.9. The molecule has 0 amide bonds. The molecule has 0 saturated carbocycles. The average molecular weight is 295 g/mol. The Kier molecular flexibility index (Phi) is 3.63. The number of Topliss-reactive ketones (excluding diaryl/α,β-unsaturated/α-hetero) is 1. The lowest BCUT2D eigenvalue weighted by atomic mass is 10.1. The van der Waals surface area contributed by atoms with E-state index < -0.39 is 0 Å². The summed E-state index contributed by atoms with van der Waals surface area (Å²) >= 11 is 0. The number of rotatable bonds is 4. The zero-order valence-corrected chi connectivity index (χ0v) is 12.8. The molecule has 1 heterocycles. The molecule has 5 heteroatoms. The number of aromatic nitrogens is 3. The molecule has 0 radical (unpaired) electrons. The largest absolute Gasteiger partial charge is 0.497 e. The highest BCUT2D eigenvalue weighted by Crippen LogP contribution is 2.18. The third-order valence-electron chi connectivity index (χ3n) is 3.81. The van der Waals surface area contributed by atoms with Gasteiger partial charge in [-0.15, -0.1) is 5.10 Å². The molecule has 1 aromatic heterocycles. The van der Waals surface area contributed by atoms with E-state index in [4.69, 9.17) is 4.74 Å². The molecule has 0 unspecified atom stereocenters. The second-order valence-electron chi connectivity index (χ2n) is 5.33. The Labute approximate surface area is 128 Å². The van der Waals surface area contributed by atoms with Crippen molar-refractivity contribution in [3.05, 3.63) is 53.1 Å². The van der Waals surface area contributed by atoms with Crippen molar-refractivity contribution in [3.8, 4) is 5.75 Å². The van der Waals surface area contributed by atoms with Crippen LogP contribution in [0.25, 0.3) is 11.0 Å². The zero-order chi connectivity index (χ0) is 15.7. The quantitative estimate of drug-likeness (QED) is 0.694. The molecule has 3 aromatic rings. The van der Waals surface area contributed by atoms with Crippen molar-refractivity contribution in [1.82, 2.24) is 15.0 Å². The molecule has 0 aliphatic carbocycles. The summed E-state index contributed by atoms with van der Waals surface area (Å²) in [4.78, 5) is 12.4. The Balaban J connectivity index is 1.92. The maximum Gasteiger partial charge on any atom is 0.184 e. The van der Waals surface area contributed by atoms with Crippen molar-refractivity contribution < 1.29 is 9.53 Å². The summed E-state index contributed by atoms with van der Waals surface area (Å²) in [5, 5.41) is 8.24. The van der Waals surface area contributed by atoms with Gasteiger partial charge in [-0.25, -0.2) is 4.68 Å². The molecule has 5 nitrogen and oxygen atoms in total. The number of ether oxygens (including phenoxy) is 1. The molecule has 0 bridgehead atoms. The van der Waals surface area contributed by atoms with Crippen LogP contribution in [0.15, 0.2) is 36.4 Å². The standard InChI is InChI=1S/C17H17N3O2/c1-11-7-15-16(8-12(11)2)20(19-18-15)10-17(21)13-5-4-6-14(9-13)22-3/h4-9H,10H2,1-3H3. The number of carbonyl (C=O) groups is 1. The molecule has 112 valence electrons. The van der Waals surface area contributed by atoms with Gasteiger partial charge in [0.15, 0.2) is 5.78 Å². The topological polar surface area (TPSA) is 57.0 Å². The van der Waals surface area contributed by atoms with Crippen molar-refractivity contribution in [2.24, 2.45) is 0 Å². The van der Waals surface area contributed by atoms with Gasteiger partial charge in [-0.05, 0) is 49.2 Å². The van der Waals surface area contributed by atoms with E-state index in [2.05, 4.69) is 10.3 Å². The molecule has 2 aromatic carbocycles. The van der Waals surface area contributed by atoms with Crippen LogP contribution < -0.4 is 4.74 Å². The molecule has 0 aliphatic heterocycles. The van der Waals surface area contributed by atoms with Gasteiger partial charge in [0.1, 0.15) is 17.8 Å². The third-order valence-corrected chi connectivity index (χ3v) is 3.81. The van der Waals surface area contributed by atoms with E-state index >= 15 is 0 Å². The minimum Gasteiger partial charge on any atom is -0.497 e. The molecule has 22 heavy (non-hydrogen) atoms. The highest BCUT2D eigenvalue weighted by atomic mass is 16.5. The minimum atomic E-state index is -0.0241. The highest BCUT2D eigenvalue weighted by molar-refractivity contribution is 5.96. The first kappa shape index (κ1) is 14.3. The summed E-state index contributed by atoms with van der Waals surface area (Å²) in [6, 6.07) is 11.1. The average Bonchev–Trinajstić information content (AvgIpc) is 2.90. The Morgan fingerprint density at radius 2 is 1.95 bits per heavy atom. The van der Waals surface area contributed by atoms with Crippen LogP contribution >= 0.6 is 0 Å². The van der Waals surface area contributed by atoms with Crippen molar-refractivity contribution in [2.75, 3.05) is 7.11 Å². The Morgan fingerprint density at radius 3 is 2.73 bits per heavy atom. The van der Waals surface area contributed by atoms with Gasteiger partial charge in [-0.1, -0.05) is 17.3 Å². The lowest BCUT2D eigenvalue weighted by molar-refractivity contribution is 0.0968. The van der Waals surface area contributed by atoms with Crippen LogP contribution in [0.4, 0.5) is 0 Å². The number of nitrogens with zero attached hydrogens (tertiary/aromatic N) is 3. The van der Waals surface area contributed by atoms with Crippen LogP contribution in [0.5, 0.6) is 5.75 Å². The number of methoxy groups -OCH3 is 1. The Hall–Kier alpha value is -2.69. The summed E-state index contributed by atoms with van der Waals surface area (Å²) < 4.78 is 6.79. The molecule has 0 spiro atoms.